The number of aliphatic carboxylic acids is 2. The monoisotopic (exact) mass is 1010 g/mol. The van der Waals surface area contributed by atoms with E-state index in [1.165, 1.54) is 48.7 Å². The van der Waals surface area contributed by atoms with Gasteiger partial charge in [-0.05, 0) is 70.6 Å². The van der Waals surface area contributed by atoms with Crippen LogP contribution in [0.5, 0.6) is 11.5 Å². The molecule has 0 bridgehead atoms. The number of aromatic hydroxyl groups is 2. The van der Waals surface area contributed by atoms with E-state index in [-0.39, 0.29) is 46.4 Å². The normalized spacial score (nSPS) is 17.0. The summed E-state index contributed by atoms with van der Waals surface area (Å²) >= 11 is 0. The fourth-order valence-electron chi connectivity index (χ4n) is 9.55. The number of carbonyl (C=O) groups is 2. The van der Waals surface area contributed by atoms with E-state index in [1.54, 1.807) is 0 Å². The van der Waals surface area contributed by atoms with E-state index in [0.29, 0.717) is 24.6 Å². The maximum Gasteiger partial charge on any atom is 0.414 e. The molecule has 0 spiro atoms. The summed E-state index contributed by atoms with van der Waals surface area (Å²) in [6, 6.07) is 8.80. The number of carboxylic acid groups (broad SMARTS) is 2. The largest absolute Gasteiger partial charge is 0.507 e. The second kappa shape index (κ2) is 25.2. The Hall–Kier alpha value is -4.61. The van der Waals surface area contributed by atoms with Gasteiger partial charge in [0.2, 0.25) is 0 Å². The minimum atomic E-state index is -1.82. The quantitative estimate of drug-likeness (QED) is 0.0381. The molecule has 0 aromatic heterocycles. The summed E-state index contributed by atoms with van der Waals surface area (Å²) in [5.41, 5.74) is 7.27. The van der Waals surface area contributed by atoms with Gasteiger partial charge in [-0.3, -0.25) is 39.6 Å². The van der Waals surface area contributed by atoms with Crippen LogP contribution in [0.1, 0.15) is 168 Å². The van der Waals surface area contributed by atoms with Gasteiger partial charge in [0.15, 0.2) is 0 Å². The number of rotatable bonds is 13. The van der Waals surface area contributed by atoms with E-state index in [4.69, 9.17) is 29.8 Å². The molecule has 6 N–H and O–H groups in total. The van der Waals surface area contributed by atoms with Crippen LogP contribution in [0.2, 0.25) is 0 Å². The van der Waals surface area contributed by atoms with Crippen LogP contribution in [0.4, 0.5) is 0 Å². The number of benzene rings is 2. The Balaban J connectivity index is 0.00000152. The smallest absolute Gasteiger partial charge is 0.414 e. The van der Waals surface area contributed by atoms with Crippen LogP contribution in [0, 0.1) is 7.43 Å². The van der Waals surface area contributed by atoms with Crippen molar-refractivity contribution in [2.75, 3.05) is 78.5 Å². The molecule has 0 aliphatic carbocycles. The number of phenols is 2. The summed E-state index contributed by atoms with van der Waals surface area (Å²) in [6.45, 7) is 38.2. The fourth-order valence-corrected chi connectivity index (χ4v) is 9.55. The van der Waals surface area contributed by atoms with Crippen molar-refractivity contribution in [3.63, 3.8) is 0 Å². The van der Waals surface area contributed by atoms with Gasteiger partial charge in [0, 0.05) is 76.7 Å². The topological polar surface area (TPSA) is 176 Å². The van der Waals surface area contributed by atoms with E-state index in [2.05, 4.69) is 137 Å². The van der Waals surface area contributed by atoms with Crippen LogP contribution in [0.15, 0.2) is 34.3 Å². The first-order valence-corrected chi connectivity index (χ1v) is 25.3. The molecular weight excluding hydrogens is 921 g/mol. The van der Waals surface area contributed by atoms with Gasteiger partial charge >= 0.3 is 23.9 Å². The van der Waals surface area contributed by atoms with Crippen LogP contribution < -0.4 is 10.6 Å². The Morgan fingerprint density at radius 2 is 0.914 bits per heavy atom. The third-order valence-electron chi connectivity index (χ3n) is 13.4. The van der Waals surface area contributed by atoms with Crippen molar-refractivity contribution in [3.05, 3.63) is 65.1 Å². The number of phenolic OH excluding ortho intramolecular Hbond substituents is 2. The third-order valence-corrected chi connectivity index (χ3v) is 13.4. The van der Waals surface area contributed by atoms with Crippen LogP contribution >= 0.6 is 0 Å². The van der Waals surface area contributed by atoms with E-state index < -0.39 is 11.9 Å². The number of hydrogen-bond acceptors (Lipinski definition) is 10. The van der Waals surface area contributed by atoms with Crippen LogP contribution in [0.3, 0.4) is 0 Å². The molecule has 4 aliphatic rings. The van der Waals surface area contributed by atoms with Crippen molar-refractivity contribution >= 4 is 35.3 Å². The number of carboxylic acids is 2. The van der Waals surface area contributed by atoms with Gasteiger partial charge in [-0.25, -0.2) is 9.59 Å². The molecule has 0 saturated carbocycles. The van der Waals surface area contributed by atoms with Gasteiger partial charge in [0.25, 0.3) is 0 Å². The Labute approximate surface area is 431 Å². The molecule has 2 aromatic carbocycles. The molecule has 0 saturated heterocycles. The van der Waals surface area contributed by atoms with Crippen molar-refractivity contribution in [3.8, 4) is 11.5 Å². The van der Waals surface area contributed by atoms with E-state index in [0.717, 1.165) is 125 Å². The second-order valence-corrected chi connectivity index (χ2v) is 23.2. The van der Waals surface area contributed by atoms with Gasteiger partial charge in [-0.2, -0.15) is 0 Å². The summed E-state index contributed by atoms with van der Waals surface area (Å²) in [7, 11) is 0. The first-order valence-electron chi connectivity index (χ1n) is 25.3. The molecule has 0 fully saturated rings. The molecule has 0 amide bonds. The first kappa shape index (κ1) is 59.7. The molecule has 0 radical (unpaired) electrons. The van der Waals surface area contributed by atoms with Crippen molar-refractivity contribution in [1.29, 1.82) is 0 Å². The summed E-state index contributed by atoms with van der Waals surface area (Å²) in [4.78, 5) is 34.0. The van der Waals surface area contributed by atoms with E-state index in [1.807, 2.05) is 0 Å². The number of nitrogens with one attached hydrogen (secondary N) is 2. The predicted octanol–water partition coefficient (Wildman–Crippen LogP) is 7.86. The van der Waals surface area contributed by atoms with Crippen LogP contribution in [-0.4, -0.2) is 153 Å². The second-order valence-electron chi connectivity index (χ2n) is 23.2. The van der Waals surface area contributed by atoms with Crippen molar-refractivity contribution in [2.45, 2.75) is 156 Å². The molecule has 4 aliphatic heterocycles. The molecular formula is C55H89CrN8O6+. The summed E-state index contributed by atoms with van der Waals surface area (Å²) in [6.07, 6.45) is 8.10. The number of aliphatic imine (C=N–C) groups is 2. The van der Waals surface area contributed by atoms with Crippen LogP contribution in [-0.2, 0) is 48.6 Å². The molecule has 2 aromatic rings. The summed E-state index contributed by atoms with van der Waals surface area (Å²) in [5, 5.41) is 46.4. The van der Waals surface area contributed by atoms with E-state index in [9.17, 15) is 10.2 Å². The summed E-state index contributed by atoms with van der Waals surface area (Å²) < 4.78 is 5.02. The predicted molar refractivity (Wildman–Crippen MR) is 282 cm³/mol. The van der Waals surface area contributed by atoms with E-state index >= 15 is 0 Å². The molecule has 4 heterocycles. The van der Waals surface area contributed by atoms with Crippen molar-refractivity contribution in [2.24, 2.45) is 9.98 Å². The zero-order valence-corrected chi connectivity index (χ0v) is 46.4. The standard InChI is InChI=1S/C52H82N8O2.C2H2O4.CH3.Cr/c1-49(2,3)37-33-39(45(61)41(35-37)51(7,8)9)43(19-13-25-57-29-17-31-59-27-15-21-55-47(57)59)53-23-24-54-44(20-14-26-58-30-18-32-60-28-16-22-56-48(58)60)40-34-38(50(4,5)6)36-42(46(40)62)52(10,11)12;3-1(4)2(5)6;;/h33-36H,13-32H2,1-12H3,(H2,53,54,61,62);(H,3,4)(H,5,6);1H3;/q;;-1;/p+2. The zero-order chi connectivity index (χ0) is 50.2. The number of guanidine groups is 2. The van der Waals surface area contributed by atoms with Crippen molar-refractivity contribution < 1.29 is 56.5 Å². The van der Waals surface area contributed by atoms with Gasteiger partial charge in [0.1, 0.15) is 11.5 Å². The van der Waals surface area contributed by atoms with Gasteiger partial charge in [-0.1, -0.05) is 95.2 Å². The minimum Gasteiger partial charge on any atom is -0.507 e. The van der Waals surface area contributed by atoms with Gasteiger partial charge in [0.05, 0.1) is 78.5 Å². The summed E-state index contributed by atoms with van der Waals surface area (Å²) in [5.74, 6) is -0.377. The maximum absolute atomic E-state index is 12.1. The molecule has 15 heteroatoms. The van der Waals surface area contributed by atoms with Crippen molar-refractivity contribution in [1.82, 2.24) is 20.4 Å². The maximum atomic E-state index is 12.1. The van der Waals surface area contributed by atoms with Crippen LogP contribution in [0.25, 0.3) is 0 Å². The Morgan fingerprint density at radius 1 is 0.571 bits per heavy atom. The molecule has 0 atom stereocenters. The van der Waals surface area contributed by atoms with Gasteiger partial charge < -0.3 is 27.9 Å². The SMILES string of the molecule is CC(C)(C)c1cc(C(CCCN2CCC[N+]3=C2NCCC3)=NCCN=C(CCCN2CCC[N+]3=C2NCCC3)c2cc(C(C)(C)C)cc(C(C)(C)C)c2O)c(O)c(C(C)(C)C)c1.O=C(O)C(=O)O.[CH3-].[Cr]. The third kappa shape index (κ3) is 15.9. The Bertz CT molecular complexity index is 2090. The number of nitrogens with zero attached hydrogens (tertiary/aromatic N) is 6. The van der Waals surface area contributed by atoms with Gasteiger partial charge in [-0.15, -0.1) is 0 Å². The molecule has 70 heavy (non-hydrogen) atoms. The first-order chi connectivity index (χ1) is 31.8. The molecule has 390 valence electrons. The minimum absolute atomic E-state index is 0. The number of hydrogen-bond donors (Lipinski definition) is 6. The fraction of sp³-hybridized carbons (Fsp3) is 0.655. The average molecular weight is 1010 g/mol. The molecule has 0 unspecified atom stereocenters. The Kier molecular flexibility index (Phi) is 21.5. The zero-order valence-electron chi connectivity index (χ0n) is 45.1. The molecule has 6 rings (SSSR count). The average Bonchev–Trinajstić information content (AvgIpc) is 3.25. The Morgan fingerprint density at radius 3 is 1.23 bits per heavy atom. The molecule has 14 nitrogen and oxygen atoms in total.